The lowest BCUT2D eigenvalue weighted by molar-refractivity contribution is -0.116. The van der Waals surface area contributed by atoms with E-state index in [2.05, 4.69) is 9.97 Å². The molecule has 3 rings (SSSR count). The maximum atomic E-state index is 13.4. The molecule has 0 aliphatic heterocycles. The summed E-state index contributed by atoms with van der Waals surface area (Å²) in [5.74, 6) is -1.36. The van der Waals surface area contributed by atoms with Gasteiger partial charge >= 0.3 is 0 Å². The van der Waals surface area contributed by atoms with Gasteiger partial charge in [0.1, 0.15) is 10.8 Å². The molecule has 1 atom stereocenters. The number of aromatic nitrogens is 3. The van der Waals surface area contributed by atoms with Crippen molar-refractivity contribution in [1.29, 1.82) is 5.26 Å². The first kappa shape index (κ1) is 17.3. The molecular weight excluding hydrogens is 359 g/mol. The average Bonchev–Trinajstić information content (AvgIpc) is 3.23. The Morgan fingerprint density at radius 3 is 3.04 bits per heavy atom. The second kappa shape index (κ2) is 7.59. The van der Waals surface area contributed by atoms with Crippen LogP contribution in [0.1, 0.15) is 16.6 Å². The van der Waals surface area contributed by atoms with Crippen LogP contribution >= 0.6 is 23.1 Å². The largest absolute Gasteiger partial charge is 0.297 e. The monoisotopic (exact) mass is 372 g/mol. The molecule has 0 bridgehead atoms. The fourth-order valence-corrected chi connectivity index (χ4v) is 3.95. The molecule has 126 valence electrons. The first-order chi connectivity index (χ1) is 12.1. The summed E-state index contributed by atoms with van der Waals surface area (Å²) in [6.07, 6.45) is 3.29. The van der Waals surface area contributed by atoms with Gasteiger partial charge in [-0.25, -0.2) is 14.4 Å². The standard InChI is InChI=1S/C17H13FN4OS2/c1-11-9-24-16(21-11)14(8-19)15(23)10-25-17-20-5-6-22(17)13-4-2-3-12(18)7-13/h2-7,9,14H,10H2,1H3. The lowest BCUT2D eigenvalue weighted by Crippen LogP contribution is -2.13. The number of carbonyl (C=O) groups is 1. The van der Waals surface area contributed by atoms with Gasteiger partial charge in [-0.2, -0.15) is 5.26 Å². The molecule has 0 spiro atoms. The highest BCUT2D eigenvalue weighted by Gasteiger charge is 2.23. The number of thioether (sulfide) groups is 1. The molecule has 0 saturated heterocycles. The predicted molar refractivity (Wildman–Crippen MR) is 94.5 cm³/mol. The van der Waals surface area contributed by atoms with Crippen LogP contribution in [0.25, 0.3) is 5.69 Å². The summed E-state index contributed by atoms with van der Waals surface area (Å²) in [7, 11) is 0. The van der Waals surface area contributed by atoms with E-state index in [0.29, 0.717) is 15.9 Å². The first-order valence-electron chi connectivity index (χ1n) is 7.35. The second-order valence-electron chi connectivity index (χ2n) is 5.20. The van der Waals surface area contributed by atoms with E-state index in [1.165, 1.54) is 35.2 Å². The van der Waals surface area contributed by atoms with Gasteiger partial charge in [-0.05, 0) is 25.1 Å². The van der Waals surface area contributed by atoms with Crippen LogP contribution < -0.4 is 0 Å². The Morgan fingerprint density at radius 2 is 2.36 bits per heavy atom. The van der Waals surface area contributed by atoms with Crippen LogP contribution in [0, 0.1) is 24.1 Å². The number of carbonyl (C=O) groups excluding carboxylic acids is 1. The van der Waals surface area contributed by atoms with Crippen molar-refractivity contribution >= 4 is 28.9 Å². The number of aryl methyl sites for hydroxylation is 1. The predicted octanol–water partition coefficient (Wildman–Crippen LogP) is 3.74. The number of halogens is 1. The molecule has 0 aliphatic rings. The molecule has 0 aliphatic carbocycles. The number of thiazole rings is 1. The minimum Gasteiger partial charge on any atom is -0.297 e. The molecule has 0 saturated carbocycles. The number of nitriles is 1. The Bertz CT molecular complexity index is 944. The van der Waals surface area contributed by atoms with Gasteiger partial charge < -0.3 is 0 Å². The van der Waals surface area contributed by atoms with E-state index in [0.717, 1.165) is 5.69 Å². The third-order valence-electron chi connectivity index (χ3n) is 3.37. The van der Waals surface area contributed by atoms with Crippen LogP contribution in [0.5, 0.6) is 0 Å². The van der Waals surface area contributed by atoms with Gasteiger partial charge in [-0.15, -0.1) is 11.3 Å². The normalized spacial score (nSPS) is 11.9. The molecule has 0 fully saturated rings. The molecule has 5 nitrogen and oxygen atoms in total. The fraction of sp³-hybridized carbons (Fsp3) is 0.176. The van der Waals surface area contributed by atoms with E-state index in [1.807, 2.05) is 18.4 Å². The fourth-order valence-electron chi connectivity index (χ4n) is 2.21. The molecule has 8 heteroatoms. The van der Waals surface area contributed by atoms with Gasteiger partial charge in [0.2, 0.25) is 0 Å². The zero-order valence-corrected chi connectivity index (χ0v) is 14.9. The molecule has 3 aromatic rings. The molecule has 1 unspecified atom stereocenters. The Balaban J connectivity index is 1.73. The molecule has 25 heavy (non-hydrogen) atoms. The minimum absolute atomic E-state index is 0.0865. The van der Waals surface area contributed by atoms with Crippen LogP contribution in [-0.4, -0.2) is 26.1 Å². The third kappa shape index (κ3) is 3.95. The van der Waals surface area contributed by atoms with Gasteiger partial charge in [0.25, 0.3) is 0 Å². The van der Waals surface area contributed by atoms with E-state index >= 15 is 0 Å². The zero-order valence-electron chi connectivity index (χ0n) is 13.2. The Kier molecular flexibility index (Phi) is 5.26. The summed E-state index contributed by atoms with van der Waals surface area (Å²) < 4.78 is 15.1. The highest BCUT2D eigenvalue weighted by Crippen LogP contribution is 2.25. The molecule has 2 aromatic heterocycles. The van der Waals surface area contributed by atoms with E-state index in [1.54, 1.807) is 29.1 Å². The van der Waals surface area contributed by atoms with E-state index < -0.39 is 5.92 Å². The Hall–Kier alpha value is -2.50. The van der Waals surface area contributed by atoms with E-state index in [9.17, 15) is 14.4 Å². The highest BCUT2D eigenvalue weighted by atomic mass is 32.2. The van der Waals surface area contributed by atoms with Crippen LogP contribution in [-0.2, 0) is 4.79 Å². The SMILES string of the molecule is Cc1csc(C(C#N)C(=O)CSc2nccn2-c2cccc(F)c2)n1. The number of hydrogen-bond donors (Lipinski definition) is 0. The van der Waals surface area contributed by atoms with E-state index in [4.69, 9.17) is 0 Å². The lowest BCUT2D eigenvalue weighted by atomic mass is 10.1. The van der Waals surface area contributed by atoms with Crippen LogP contribution in [0.4, 0.5) is 4.39 Å². The van der Waals surface area contributed by atoms with Crippen molar-refractivity contribution in [3.63, 3.8) is 0 Å². The molecular formula is C17H13FN4OS2. The van der Waals surface area contributed by atoms with Crippen LogP contribution in [0.15, 0.2) is 47.2 Å². The Morgan fingerprint density at radius 1 is 1.52 bits per heavy atom. The zero-order chi connectivity index (χ0) is 17.8. The van der Waals surface area contributed by atoms with Crippen LogP contribution in [0.3, 0.4) is 0 Å². The van der Waals surface area contributed by atoms with Crippen molar-refractivity contribution in [2.75, 3.05) is 5.75 Å². The number of imidazole rings is 1. The van der Waals surface area contributed by atoms with Gasteiger partial charge in [-0.3, -0.25) is 9.36 Å². The summed E-state index contributed by atoms with van der Waals surface area (Å²) >= 11 is 2.52. The number of nitrogens with zero attached hydrogens (tertiary/aromatic N) is 4. The molecule has 0 radical (unpaired) electrons. The maximum Gasteiger partial charge on any atom is 0.173 e. The van der Waals surface area contributed by atoms with Gasteiger partial charge in [0.05, 0.1) is 17.5 Å². The third-order valence-corrected chi connectivity index (χ3v) is 5.39. The van der Waals surface area contributed by atoms with Crippen LogP contribution in [0.2, 0.25) is 0 Å². The smallest absolute Gasteiger partial charge is 0.173 e. The van der Waals surface area contributed by atoms with Gasteiger partial charge in [0.15, 0.2) is 16.9 Å². The number of benzene rings is 1. The molecule has 2 heterocycles. The summed E-state index contributed by atoms with van der Waals surface area (Å²) in [6, 6.07) is 8.15. The first-order valence-corrected chi connectivity index (χ1v) is 9.21. The quantitative estimate of drug-likeness (QED) is 0.616. The van der Waals surface area contributed by atoms with Crippen molar-refractivity contribution in [3.05, 3.63) is 58.6 Å². The number of rotatable bonds is 6. The molecule has 0 N–H and O–H groups in total. The van der Waals surface area contributed by atoms with Crippen molar-refractivity contribution in [2.24, 2.45) is 0 Å². The number of Topliss-reactive ketones (excluding diaryl/α,β-unsaturated/α-hetero) is 1. The number of ketones is 1. The molecule has 1 aromatic carbocycles. The summed E-state index contributed by atoms with van der Waals surface area (Å²) in [6.45, 7) is 1.82. The number of hydrogen-bond acceptors (Lipinski definition) is 6. The Labute approximate surface area is 152 Å². The van der Waals surface area contributed by atoms with Crippen molar-refractivity contribution in [2.45, 2.75) is 18.0 Å². The van der Waals surface area contributed by atoms with Crippen molar-refractivity contribution in [1.82, 2.24) is 14.5 Å². The van der Waals surface area contributed by atoms with Crippen molar-refractivity contribution in [3.8, 4) is 11.8 Å². The highest BCUT2D eigenvalue weighted by molar-refractivity contribution is 7.99. The topological polar surface area (TPSA) is 71.6 Å². The summed E-state index contributed by atoms with van der Waals surface area (Å²) in [5, 5.41) is 12.2. The van der Waals surface area contributed by atoms with Gasteiger partial charge in [0, 0.05) is 23.5 Å². The average molecular weight is 372 g/mol. The second-order valence-corrected chi connectivity index (χ2v) is 7.04. The van der Waals surface area contributed by atoms with Crippen molar-refractivity contribution < 1.29 is 9.18 Å². The lowest BCUT2D eigenvalue weighted by Gasteiger charge is -2.08. The van der Waals surface area contributed by atoms with E-state index in [-0.39, 0.29) is 17.4 Å². The van der Waals surface area contributed by atoms with Gasteiger partial charge in [-0.1, -0.05) is 17.8 Å². The summed E-state index contributed by atoms with van der Waals surface area (Å²) in [4.78, 5) is 20.8. The maximum absolute atomic E-state index is 13.4. The minimum atomic E-state index is -0.871. The molecule has 0 amide bonds. The summed E-state index contributed by atoms with van der Waals surface area (Å²) in [5.41, 5.74) is 1.42.